The van der Waals surface area contributed by atoms with Crippen LogP contribution in [-0.2, 0) is 10.0 Å². The summed E-state index contributed by atoms with van der Waals surface area (Å²) in [5, 5.41) is -0.264. The van der Waals surface area contributed by atoms with E-state index in [4.69, 9.17) is 5.73 Å². The maximum atomic E-state index is 13.9. The van der Waals surface area contributed by atoms with E-state index < -0.39 is 10.0 Å². The standard InChI is InChI=1S/C23H38N2O2S/c1-16-12-13-20(22(24)18-8-3-4-9-18)15-21(16)28(26,27)25-14-6-11-19-10-5-7-17(2)23(19)25/h3-4,8,16-17,19-23H,5-7,9-15,24H2,1-2H3. The molecule has 4 rings (SSSR count). The highest BCUT2D eigenvalue weighted by Gasteiger charge is 2.48. The van der Waals surface area contributed by atoms with E-state index in [9.17, 15) is 8.42 Å². The van der Waals surface area contributed by atoms with Crippen LogP contribution in [0.2, 0.25) is 0 Å². The Morgan fingerprint density at radius 1 is 1.07 bits per heavy atom. The average molecular weight is 407 g/mol. The first kappa shape index (κ1) is 20.6. The zero-order chi connectivity index (χ0) is 19.9. The van der Waals surface area contributed by atoms with Gasteiger partial charge in [0.25, 0.3) is 0 Å². The van der Waals surface area contributed by atoms with Crippen LogP contribution in [0, 0.1) is 23.7 Å². The lowest BCUT2D eigenvalue weighted by Gasteiger charge is -2.49. The number of rotatable bonds is 4. The van der Waals surface area contributed by atoms with Crippen LogP contribution in [0.1, 0.15) is 71.6 Å². The summed E-state index contributed by atoms with van der Waals surface area (Å²) in [7, 11) is -3.28. The van der Waals surface area contributed by atoms with Crippen LogP contribution in [0.4, 0.5) is 0 Å². The Kier molecular flexibility index (Phi) is 6.06. The lowest BCUT2D eigenvalue weighted by Crippen LogP contribution is -2.57. The highest BCUT2D eigenvalue weighted by Crippen LogP contribution is 2.44. The molecular formula is C23H38N2O2S. The lowest BCUT2D eigenvalue weighted by atomic mass is 9.74. The minimum atomic E-state index is -3.28. The van der Waals surface area contributed by atoms with Crippen molar-refractivity contribution in [2.45, 2.75) is 89.0 Å². The summed E-state index contributed by atoms with van der Waals surface area (Å²) in [5.41, 5.74) is 7.87. The molecule has 158 valence electrons. The van der Waals surface area contributed by atoms with Crippen molar-refractivity contribution in [3.63, 3.8) is 0 Å². The van der Waals surface area contributed by atoms with Crippen molar-refractivity contribution in [2.24, 2.45) is 29.4 Å². The van der Waals surface area contributed by atoms with Crippen LogP contribution in [0.15, 0.2) is 23.8 Å². The van der Waals surface area contributed by atoms with E-state index in [2.05, 4.69) is 32.1 Å². The van der Waals surface area contributed by atoms with Gasteiger partial charge in [-0.2, -0.15) is 4.31 Å². The zero-order valence-electron chi connectivity index (χ0n) is 17.6. The number of fused-ring (bicyclic) bond motifs is 1. The minimum absolute atomic E-state index is 0.00269. The molecule has 5 heteroatoms. The van der Waals surface area contributed by atoms with Gasteiger partial charge in [-0.3, -0.25) is 0 Å². The zero-order valence-corrected chi connectivity index (χ0v) is 18.4. The highest BCUT2D eigenvalue weighted by atomic mass is 32.2. The van der Waals surface area contributed by atoms with Gasteiger partial charge in [0.05, 0.1) is 5.25 Å². The molecule has 7 unspecified atom stereocenters. The molecule has 4 nitrogen and oxygen atoms in total. The predicted molar refractivity (Wildman–Crippen MR) is 115 cm³/mol. The molecule has 28 heavy (non-hydrogen) atoms. The fraction of sp³-hybridized carbons (Fsp3) is 0.826. The third-order valence-corrected chi connectivity index (χ3v) is 10.7. The van der Waals surface area contributed by atoms with Gasteiger partial charge in [-0.15, -0.1) is 0 Å². The van der Waals surface area contributed by atoms with Crippen molar-refractivity contribution < 1.29 is 8.42 Å². The van der Waals surface area contributed by atoms with E-state index in [1.165, 1.54) is 31.3 Å². The molecule has 0 amide bonds. The Bertz CT molecular complexity index is 727. The number of hydrogen-bond donors (Lipinski definition) is 1. The molecule has 0 aromatic rings. The molecule has 1 heterocycles. The third-order valence-electron chi connectivity index (χ3n) is 8.19. The molecule has 3 aliphatic carbocycles. The number of sulfonamides is 1. The molecule has 0 spiro atoms. The molecule has 0 radical (unpaired) electrons. The Labute approximate surface area is 171 Å². The number of allylic oxidation sites excluding steroid dienone is 3. The smallest absolute Gasteiger partial charge is 0.217 e. The molecule has 2 N–H and O–H groups in total. The first-order valence-corrected chi connectivity index (χ1v) is 13.0. The maximum absolute atomic E-state index is 13.9. The first-order chi connectivity index (χ1) is 13.4. The predicted octanol–water partition coefficient (Wildman–Crippen LogP) is 4.24. The van der Waals surface area contributed by atoms with Gasteiger partial charge in [-0.1, -0.05) is 38.5 Å². The lowest BCUT2D eigenvalue weighted by molar-refractivity contribution is 0.0818. The van der Waals surface area contributed by atoms with Crippen LogP contribution in [0.3, 0.4) is 0 Å². The van der Waals surface area contributed by atoms with Gasteiger partial charge in [0.15, 0.2) is 0 Å². The van der Waals surface area contributed by atoms with Crippen molar-refractivity contribution in [1.29, 1.82) is 0 Å². The van der Waals surface area contributed by atoms with E-state index in [1.54, 1.807) is 0 Å². The number of nitrogens with zero attached hydrogens (tertiary/aromatic N) is 1. The molecule has 0 bridgehead atoms. The van der Waals surface area contributed by atoms with Crippen molar-refractivity contribution in [3.8, 4) is 0 Å². The summed E-state index contributed by atoms with van der Waals surface area (Å²) in [5.74, 6) is 1.56. The van der Waals surface area contributed by atoms with Crippen LogP contribution in [0.5, 0.6) is 0 Å². The van der Waals surface area contributed by atoms with Gasteiger partial charge in [-0.05, 0) is 80.6 Å². The molecular weight excluding hydrogens is 368 g/mol. The summed E-state index contributed by atoms with van der Waals surface area (Å²) in [6.45, 7) is 5.14. The Morgan fingerprint density at radius 3 is 2.61 bits per heavy atom. The third kappa shape index (κ3) is 3.75. The van der Waals surface area contributed by atoms with E-state index in [-0.39, 0.29) is 29.2 Å². The Hall–Kier alpha value is -0.650. The van der Waals surface area contributed by atoms with Crippen molar-refractivity contribution in [2.75, 3.05) is 6.54 Å². The largest absolute Gasteiger partial charge is 0.324 e. The highest BCUT2D eigenvalue weighted by molar-refractivity contribution is 7.89. The van der Waals surface area contributed by atoms with E-state index in [0.29, 0.717) is 11.8 Å². The molecule has 7 atom stereocenters. The van der Waals surface area contributed by atoms with Gasteiger partial charge >= 0.3 is 0 Å². The average Bonchev–Trinajstić information content (AvgIpc) is 3.22. The van der Waals surface area contributed by atoms with Crippen LogP contribution in [0.25, 0.3) is 0 Å². The second-order valence-corrected chi connectivity index (χ2v) is 12.0. The summed E-state index contributed by atoms with van der Waals surface area (Å²) in [4.78, 5) is 0. The van der Waals surface area contributed by atoms with Crippen LogP contribution in [-0.4, -0.2) is 36.6 Å². The number of nitrogens with two attached hydrogens (primary N) is 1. The summed E-state index contributed by atoms with van der Waals surface area (Å²) in [6.07, 6.45) is 15.9. The second kappa shape index (κ2) is 8.23. The fourth-order valence-electron chi connectivity index (χ4n) is 6.54. The molecule has 1 aliphatic heterocycles. The second-order valence-electron chi connectivity index (χ2n) is 9.95. The molecule has 3 fully saturated rings. The van der Waals surface area contributed by atoms with Gasteiger partial charge in [-0.25, -0.2) is 8.42 Å². The summed E-state index contributed by atoms with van der Waals surface area (Å²) >= 11 is 0. The summed E-state index contributed by atoms with van der Waals surface area (Å²) < 4.78 is 29.8. The van der Waals surface area contributed by atoms with Crippen LogP contribution >= 0.6 is 0 Å². The maximum Gasteiger partial charge on any atom is 0.217 e. The van der Waals surface area contributed by atoms with E-state index in [1.807, 2.05) is 4.31 Å². The minimum Gasteiger partial charge on any atom is -0.324 e. The van der Waals surface area contributed by atoms with Crippen LogP contribution < -0.4 is 5.73 Å². The quantitative estimate of drug-likeness (QED) is 0.760. The fourth-order valence-corrected chi connectivity index (χ4v) is 9.20. The molecule has 4 aliphatic rings. The SMILES string of the molecule is CC1CCCC2CCCN(S(=O)(=O)C3CC(C(N)C4=CC=CC4)CCC3C)C12. The molecule has 2 saturated carbocycles. The monoisotopic (exact) mass is 406 g/mol. The number of piperidine rings is 1. The Morgan fingerprint density at radius 2 is 1.86 bits per heavy atom. The van der Waals surface area contributed by atoms with Gasteiger partial charge < -0.3 is 5.73 Å². The van der Waals surface area contributed by atoms with E-state index >= 15 is 0 Å². The summed E-state index contributed by atoms with van der Waals surface area (Å²) in [6, 6.07) is 0.235. The normalized spacial score (nSPS) is 40.8. The Balaban J connectivity index is 1.54. The molecule has 0 aromatic carbocycles. The molecule has 1 saturated heterocycles. The van der Waals surface area contributed by atoms with Crippen molar-refractivity contribution >= 4 is 10.0 Å². The van der Waals surface area contributed by atoms with Crippen molar-refractivity contribution in [3.05, 3.63) is 23.8 Å². The van der Waals surface area contributed by atoms with Gasteiger partial charge in [0.1, 0.15) is 0 Å². The van der Waals surface area contributed by atoms with Gasteiger partial charge in [0.2, 0.25) is 10.0 Å². The topological polar surface area (TPSA) is 63.4 Å². The van der Waals surface area contributed by atoms with Gasteiger partial charge in [0, 0.05) is 18.6 Å². The van der Waals surface area contributed by atoms with Crippen molar-refractivity contribution in [1.82, 2.24) is 4.31 Å². The molecule has 0 aromatic heterocycles. The number of hydrogen-bond acceptors (Lipinski definition) is 3. The van der Waals surface area contributed by atoms with E-state index in [0.717, 1.165) is 38.6 Å². The first-order valence-electron chi connectivity index (χ1n) is 11.5.